The summed E-state index contributed by atoms with van der Waals surface area (Å²) in [6.07, 6.45) is 1.13. The fourth-order valence-electron chi connectivity index (χ4n) is 2.59. The summed E-state index contributed by atoms with van der Waals surface area (Å²) in [6, 6.07) is 6.02. The first-order valence-corrected chi connectivity index (χ1v) is 7.32. The van der Waals surface area contributed by atoms with E-state index in [1.54, 1.807) is 0 Å². The zero-order valence-corrected chi connectivity index (χ0v) is 12.3. The van der Waals surface area contributed by atoms with Crippen molar-refractivity contribution in [2.75, 3.05) is 19.7 Å². The predicted octanol–water partition coefficient (Wildman–Crippen LogP) is 1.40. The van der Waals surface area contributed by atoms with E-state index < -0.39 is 6.10 Å². The Labute approximate surface area is 120 Å². The molecule has 1 atom stereocenters. The first-order valence-electron chi connectivity index (χ1n) is 7.32. The number of aliphatic hydroxyl groups is 2. The molecule has 0 amide bonds. The summed E-state index contributed by atoms with van der Waals surface area (Å²) >= 11 is 0. The number of aryl methyl sites for hydroxylation is 2. The van der Waals surface area contributed by atoms with Gasteiger partial charge in [-0.05, 0) is 50.3 Å². The largest absolute Gasteiger partial charge is 0.490 e. The standard InChI is InChI=1S/C16H25NO3/c1-11-4-3-5-12(2)16(11)20-10-15(19)9-17-8-13-6-14(18)7-13/h3-5,13-15,17-19H,6-10H2,1-2H3. The van der Waals surface area contributed by atoms with Crippen LogP contribution in [0.1, 0.15) is 24.0 Å². The monoisotopic (exact) mass is 279 g/mol. The van der Waals surface area contributed by atoms with E-state index in [-0.39, 0.29) is 6.10 Å². The van der Waals surface area contributed by atoms with Crippen molar-refractivity contribution in [1.82, 2.24) is 5.32 Å². The van der Waals surface area contributed by atoms with Crippen molar-refractivity contribution in [2.45, 2.75) is 38.9 Å². The molecule has 1 aromatic rings. The van der Waals surface area contributed by atoms with Crippen LogP contribution in [0.4, 0.5) is 0 Å². The molecule has 0 bridgehead atoms. The van der Waals surface area contributed by atoms with Gasteiger partial charge in [0.1, 0.15) is 18.5 Å². The molecular weight excluding hydrogens is 254 g/mol. The van der Waals surface area contributed by atoms with Gasteiger partial charge in [0.2, 0.25) is 0 Å². The molecular formula is C16H25NO3. The lowest BCUT2D eigenvalue weighted by atomic mass is 9.82. The van der Waals surface area contributed by atoms with Gasteiger partial charge in [-0.2, -0.15) is 0 Å². The topological polar surface area (TPSA) is 61.7 Å². The fraction of sp³-hybridized carbons (Fsp3) is 0.625. The van der Waals surface area contributed by atoms with Gasteiger partial charge in [0, 0.05) is 6.54 Å². The Morgan fingerprint density at radius 2 is 1.95 bits per heavy atom. The number of nitrogens with one attached hydrogen (secondary N) is 1. The molecule has 1 saturated carbocycles. The number of rotatable bonds is 7. The summed E-state index contributed by atoms with van der Waals surface area (Å²) < 4.78 is 5.71. The van der Waals surface area contributed by atoms with Crippen molar-refractivity contribution < 1.29 is 14.9 Å². The van der Waals surface area contributed by atoms with E-state index in [0.29, 0.717) is 19.1 Å². The fourth-order valence-corrected chi connectivity index (χ4v) is 2.59. The highest BCUT2D eigenvalue weighted by atomic mass is 16.5. The summed E-state index contributed by atoms with van der Waals surface area (Å²) in [5.74, 6) is 1.42. The molecule has 1 aromatic carbocycles. The van der Waals surface area contributed by atoms with E-state index in [1.165, 1.54) is 0 Å². The van der Waals surface area contributed by atoms with Gasteiger partial charge in [0.25, 0.3) is 0 Å². The zero-order valence-electron chi connectivity index (χ0n) is 12.3. The molecule has 112 valence electrons. The first kappa shape index (κ1) is 15.3. The molecule has 4 heteroatoms. The second kappa shape index (κ2) is 7.07. The third-order valence-electron chi connectivity index (χ3n) is 3.85. The van der Waals surface area contributed by atoms with Crippen LogP contribution in [0.15, 0.2) is 18.2 Å². The van der Waals surface area contributed by atoms with Crippen molar-refractivity contribution in [3.63, 3.8) is 0 Å². The zero-order chi connectivity index (χ0) is 14.5. The van der Waals surface area contributed by atoms with Gasteiger partial charge in [-0.25, -0.2) is 0 Å². The average molecular weight is 279 g/mol. The lowest BCUT2D eigenvalue weighted by Gasteiger charge is -2.31. The minimum absolute atomic E-state index is 0.112. The number of aliphatic hydroxyl groups excluding tert-OH is 2. The van der Waals surface area contributed by atoms with E-state index in [1.807, 2.05) is 32.0 Å². The number of benzene rings is 1. The van der Waals surface area contributed by atoms with Gasteiger partial charge in [-0.1, -0.05) is 18.2 Å². The Bertz CT molecular complexity index is 409. The van der Waals surface area contributed by atoms with Crippen LogP contribution in [0, 0.1) is 19.8 Å². The second-order valence-electron chi connectivity index (χ2n) is 5.84. The van der Waals surface area contributed by atoms with Crippen LogP contribution in [0.3, 0.4) is 0 Å². The smallest absolute Gasteiger partial charge is 0.125 e. The Balaban J connectivity index is 1.66. The van der Waals surface area contributed by atoms with Gasteiger partial charge in [-0.15, -0.1) is 0 Å². The molecule has 0 radical (unpaired) electrons. The molecule has 0 aliphatic heterocycles. The molecule has 1 fully saturated rings. The quantitative estimate of drug-likeness (QED) is 0.706. The van der Waals surface area contributed by atoms with E-state index in [9.17, 15) is 10.2 Å². The minimum atomic E-state index is -0.515. The van der Waals surface area contributed by atoms with Gasteiger partial charge in [0.15, 0.2) is 0 Å². The van der Waals surface area contributed by atoms with Gasteiger partial charge in [-0.3, -0.25) is 0 Å². The second-order valence-corrected chi connectivity index (χ2v) is 5.84. The Morgan fingerprint density at radius 1 is 1.30 bits per heavy atom. The minimum Gasteiger partial charge on any atom is -0.490 e. The van der Waals surface area contributed by atoms with Crippen molar-refractivity contribution >= 4 is 0 Å². The molecule has 20 heavy (non-hydrogen) atoms. The average Bonchev–Trinajstić information content (AvgIpc) is 2.36. The molecule has 0 spiro atoms. The van der Waals surface area contributed by atoms with Gasteiger partial charge < -0.3 is 20.3 Å². The first-order chi connectivity index (χ1) is 9.56. The van der Waals surface area contributed by atoms with Crippen LogP contribution in [-0.4, -0.2) is 42.1 Å². The van der Waals surface area contributed by atoms with Crippen molar-refractivity contribution in [3.8, 4) is 5.75 Å². The van der Waals surface area contributed by atoms with Crippen molar-refractivity contribution in [1.29, 1.82) is 0 Å². The summed E-state index contributed by atoms with van der Waals surface area (Å²) in [5.41, 5.74) is 2.18. The predicted molar refractivity (Wildman–Crippen MR) is 79.0 cm³/mol. The number of ether oxygens (including phenoxy) is 1. The molecule has 1 aliphatic carbocycles. The van der Waals surface area contributed by atoms with Crippen LogP contribution in [0.2, 0.25) is 0 Å². The van der Waals surface area contributed by atoms with Crippen LogP contribution < -0.4 is 10.1 Å². The summed E-state index contributed by atoms with van der Waals surface area (Å²) in [5, 5.41) is 22.3. The summed E-state index contributed by atoms with van der Waals surface area (Å²) in [6.45, 7) is 5.70. The SMILES string of the molecule is Cc1cccc(C)c1OCC(O)CNCC1CC(O)C1. The maximum absolute atomic E-state index is 9.91. The molecule has 4 nitrogen and oxygen atoms in total. The Kier molecular flexibility index (Phi) is 5.40. The van der Waals surface area contributed by atoms with E-state index in [4.69, 9.17) is 4.74 Å². The Morgan fingerprint density at radius 3 is 2.55 bits per heavy atom. The molecule has 3 N–H and O–H groups in total. The van der Waals surface area contributed by atoms with Crippen LogP contribution >= 0.6 is 0 Å². The molecule has 1 aliphatic rings. The number of hydrogen-bond donors (Lipinski definition) is 3. The molecule has 1 unspecified atom stereocenters. The van der Waals surface area contributed by atoms with E-state index in [2.05, 4.69) is 5.32 Å². The highest BCUT2D eigenvalue weighted by molar-refractivity contribution is 5.39. The highest BCUT2D eigenvalue weighted by Gasteiger charge is 2.26. The molecule has 0 heterocycles. The van der Waals surface area contributed by atoms with Crippen molar-refractivity contribution in [3.05, 3.63) is 29.3 Å². The maximum atomic E-state index is 9.91. The maximum Gasteiger partial charge on any atom is 0.125 e. The number of hydrogen-bond acceptors (Lipinski definition) is 4. The van der Waals surface area contributed by atoms with Crippen LogP contribution in [0.25, 0.3) is 0 Å². The summed E-state index contributed by atoms with van der Waals surface area (Å²) in [4.78, 5) is 0. The Hall–Kier alpha value is -1.10. The van der Waals surface area contributed by atoms with Gasteiger partial charge in [0.05, 0.1) is 6.10 Å². The normalized spacial score (nSPS) is 23.2. The number of para-hydroxylation sites is 1. The third kappa shape index (κ3) is 4.20. The highest BCUT2D eigenvalue weighted by Crippen LogP contribution is 2.26. The third-order valence-corrected chi connectivity index (χ3v) is 3.85. The van der Waals surface area contributed by atoms with E-state index in [0.717, 1.165) is 36.3 Å². The van der Waals surface area contributed by atoms with E-state index >= 15 is 0 Å². The van der Waals surface area contributed by atoms with Crippen molar-refractivity contribution in [2.24, 2.45) is 5.92 Å². The lowest BCUT2D eigenvalue weighted by Crippen LogP contribution is -2.39. The molecule has 2 rings (SSSR count). The summed E-state index contributed by atoms with van der Waals surface area (Å²) in [7, 11) is 0. The van der Waals surface area contributed by atoms with Crippen LogP contribution in [-0.2, 0) is 0 Å². The van der Waals surface area contributed by atoms with Crippen LogP contribution in [0.5, 0.6) is 5.75 Å². The van der Waals surface area contributed by atoms with Gasteiger partial charge >= 0.3 is 0 Å². The molecule has 0 saturated heterocycles. The molecule has 0 aromatic heterocycles. The lowest BCUT2D eigenvalue weighted by molar-refractivity contribution is 0.0400.